The molecule has 86 valence electrons. The van der Waals surface area contributed by atoms with Crippen LogP contribution in [0.2, 0.25) is 0 Å². The number of hydrogen-bond acceptors (Lipinski definition) is 6. The summed E-state index contributed by atoms with van der Waals surface area (Å²) < 4.78 is 0. The van der Waals surface area contributed by atoms with E-state index in [1.807, 2.05) is 0 Å². The summed E-state index contributed by atoms with van der Waals surface area (Å²) in [6.07, 6.45) is 6.03. The number of nitrogens with zero attached hydrogens (tertiary/aromatic N) is 4. The van der Waals surface area contributed by atoms with Gasteiger partial charge in [-0.2, -0.15) is 0 Å². The molecule has 7 nitrogen and oxygen atoms in total. The fourth-order valence-electron chi connectivity index (χ4n) is 1.20. The van der Waals surface area contributed by atoms with Crippen molar-refractivity contribution in [3.05, 3.63) is 52.7 Å². The number of pyridine rings is 1. The molecule has 0 spiro atoms. The molecule has 1 N–H and O–H groups in total. The van der Waals surface area contributed by atoms with Gasteiger partial charge in [0.1, 0.15) is 12.0 Å². The van der Waals surface area contributed by atoms with Gasteiger partial charge in [0.15, 0.2) is 0 Å². The minimum Gasteiger partial charge on any atom is -0.364 e. The van der Waals surface area contributed by atoms with Crippen LogP contribution in [-0.4, -0.2) is 19.9 Å². The van der Waals surface area contributed by atoms with Crippen molar-refractivity contribution in [3.8, 4) is 0 Å². The van der Waals surface area contributed by atoms with E-state index in [4.69, 9.17) is 0 Å². The van der Waals surface area contributed by atoms with Crippen LogP contribution in [0.1, 0.15) is 5.69 Å². The van der Waals surface area contributed by atoms with Gasteiger partial charge in [-0.25, -0.2) is 4.98 Å². The van der Waals surface area contributed by atoms with Gasteiger partial charge in [-0.05, 0) is 6.07 Å². The van der Waals surface area contributed by atoms with E-state index in [9.17, 15) is 10.1 Å². The molecule has 0 saturated heterocycles. The predicted molar refractivity (Wildman–Crippen MR) is 60.3 cm³/mol. The maximum Gasteiger partial charge on any atom is 0.287 e. The highest BCUT2D eigenvalue weighted by Gasteiger charge is 2.04. The second-order valence-corrected chi connectivity index (χ2v) is 3.21. The van der Waals surface area contributed by atoms with Crippen molar-refractivity contribution in [1.82, 2.24) is 15.0 Å². The summed E-state index contributed by atoms with van der Waals surface area (Å²) >= 11 is 0. The fraction of sp³-hybridized carbons (Fsp3) is 0.100. The van der Waals surface area contributed by atoms with Crippen LogP contribution in [0.3, 0.4) is 0 Å². The van der Waals surface area contributed by atoms with Gasteiger partial charge in [-0.15, -0.1) is 0 Å². The molecule has 7 heteroatoms. The third kappa shape index (κ3) is 2.94. The lowest BCUT2D eigenvalue weighted by atomic mass is 10.4. The molecular formula is C10H9N5O2. The van der Waals surface area contributed by atoms with Crippen LogP contribution in [0.15, 0.2) is 36.9 Å². The summed E-state index contributed by atoms with van der Waals surface area (Å²) in [5.74, 6) is 0.557. The standard InChI is InChI=1S/C10H9N5O2/c16-15(17)9-1-2-10(14-7-9)13-6-8-5-11-3-4-12-8/h1-5,7H,6H2,(H,13,14). The van der Waals surface area contributed by atoms with E-state index in [-0.39, 0.29) is 5.69 Å². The smallest absolute Gasteiger partial charge is 0.287 e. The molecule has 0 aliphatic carbocycles. The van der Waals surface area contributed by atoms with Gasteiger partial charge in [0.2, 0.25) is 0 Å². The third-order valence-corrected chi connectivity index (χ3v) is 2.03. The molecule has 2 aromatic rings. The maximum absolute atomic E-state index is 10.4. The molecule has 2 aromatic heterocycles. The maximum atomic E-state index is 10.4. The molecule has 0 atom stereocenters. The number of anilines is 1. The molecule has 0 aliphatic heterocycles. The zero-order valence-corrected chi connectivity index (χ0v) is 8.78. The van der Waals surface area contributed by atoms with E-state index >= 15 is 0 Å². The Balaban J connectivity index is 1.98. The Hall–Kier alpha value is -2.57. The normalized spacial score (nSPS) is 9.88. The number of rotatable bonds is 4. The average Bonchev–Trinajstić information content (AvgIpc) is 2.38. The van der Waals surface area contributed by atoms with E-state index in [0.29, 0.717) is 12.4 Å². The van der Waals surface area contributed by atoms with E-state index < -0.39 is 4.92 Å². The van der Waals surface area contributed by atoms with Crippen LogP contribution in [0, 0.1) is 10.1 Å². The Kier molecular flexibility index (Phi) is 3.20. The molecule has 0 aliphatic rings. The van der Waals surface area contributed by atoms with Gasteiger partial charge in [-0.3, -0.25) is 20.1 Å². The summed E-state index contributed by atoms with van der Waals surface area (Å²) in [7, 11) is 0. The number of nitrogens with one attached hydrogen (secondary N) is 1. The van der Waals surface area contributed by atoms with Gasteiger partial charge >= 0.3 is 0 Å². The van der Waals surface area contributed by atoms with E-state index in [1.54, 1.807) is 24.7 Å². The van der Waals surface area contributed by atoms with Gasteiger partial charge in [-0.1, -0.05) is 0 Å². The lowest BCUT2D eigenvalue weighted by Crippen LogP contribution is -2.03. The Morgan fingerprint density at radius 1 is 1.24 bits per heavy atom. The molecule has 17 heavy (non-hydrogen) atoms. The van der Waals surface area contributed by atoms with Crippen molar-refractivity contribution in [2.24, 2.45) is 0 Å². The number of hydrogen-bond donors (Lipinski definition) is 1. The van der Waals surface area contributed by atoms with Gasteiger partial charge in [0.05, 0.1) is 23.4 Å². The molecule has 0 radical (unpaired) electrons. The highest BCUT2D eigenvalue weighted by molar-refractivity contribution is 5.40. The molecule has 0 unspecified atom stereocenters. The third-order valence-electron chi connectivity index (χ3n) is 2.03. The largest absolute Gasteiger partial charge is 0.364 e. The number of nitro groups is 1. The van der Waals surface area contributed by atoms with Crippen LogP contribution >= 0.6 is 0 Å². The molecule has 0 bridgehead atoms. The molecular weight excluding hydrogens is 222 g/mol. The Bertz CT molecular complexity index is 500. The zero-order valence-electron chi connectivity index (χ0n) is 8.78. The Morgan fingerprint density at radius 3 is 2.71 bits per heavy atom. The van der Waals surface area contributed by atoms with Crippen LogP contribution < -0.4 is 5.32 Å². The van der Waals surface area contributed by atoms with Crippen molar-refractivity contribution in [3.63, 3.8) is 0 Å². The first-order valence-electron chi connectivity index (χ1n) is 4.85. The summed E-state index contributed by atoms with van der Waals surface area (Å²) in [5, 5.41) is 13.4. The van der Waals surface area contributed by atoms with Gasteiger partial charge in [0, 0.05) is 18.5 Å². The summed E-state index contributed by atoms with van der Waals surface area (Å²) in [6.45, 7) is 0.471. The van der Waals surface area contributed by atoms with E-state index in [1.165, 1.54) is 12.3 Å². The minimum absolute atomic E-state index is 0.0324. The first-order chi connectivity index (χ1) is 8.25. The Morgan fingerprint density at radius 2 is 2.12 bits per heavy atom. The Labute approximate surface area is 96.7 Å². The lowest BCUT2D eigenvalue weighted by Gasteiger charge is -2.03. The van der Waals surface area contributed by atoms with Crippen molar-refractivity contribution in [1.29, 1.82) is 0 Å². The lowest BCUT2D eigenvalue weighted by molar-refractivity contribution is -0.385. The highest BCUT2D eigenvalue weighted by Crippen LogP contribution is 2.12. The molecule has 0 aromatic carbocycles. The van der Waals surface area contributed by atoms with E-state index in [0.717, 1.165) is 5.69 Å². The molecule has 0 amide bonds. The molecule has 2 heterocycles. The van der Waals surface area contributed by atoms with Crippen molar-refractivity contribution in [2.75, 3.05) is 5.32 Å². The van der Waals surface area contributed by atoms with E-state index in [2.05, 4.69) is 20.3 Å². The summed E-state index contributed by atoms with van der Waals surface area (Å²) in [5.41, 5.74) is 0.739. The molecule has 0 saturated carbocycles. The minimum atomic E-state index is -0.487. The topological polar surface area (TPSA) is 93.8 Å². The zero-order chi connectivity index (χ0) is 12.1. The summed E-state index contributed by atoms with van der Waals surface area (Å²) in [6, 6.07) is 2.94. The monoisotopic (exact) mass is 231 g/mol. The van der Waals surface area contributed by atoms with Crippen LogP contribution in [0.5, 0.6) is 0 Å². The van der Waals surface area contributed by atoms with Gasteiger partial charge < -0.3 is 5.32 Å². The first kappa shape index (κ1) is 10.9. The first-order valence-corrected chi connectivity index (χ1v) is 4.85. The van der Waals surface area contributed by atoms with Crippen molar-refractivity contribution in [2.45, 2.75) is 6.54 Å². The average molecular weight is 231 g/mol. The summed E-state index contributed by atoms with van der Waals surface area (Å²) in [4.78, 5) is 21.8. The van der Waals surface area contributed by atoms with Crippen LogP contribution in [0.4, 0.5) is 11.5 Å². The molecule has 2 rings (SSSR count). The second kappa shape index (κ2) is 4.97. The van der Waals surface area contributed by atoms with Crippen molar-refractivity contribution >= 4 is 11.5 Å². The SMILES string of the molecule is O=[N+]([O-])c1ccc(NCc2cnccn2)nc1. The highest BCUT2D eigenvalue weighted by atomic mass is 16.6. The quantitative estimate of drug-likeness (QED) is 0.631. The van der Waals surface area contributed by atoms with Crippen LogP contribution in [-0.2, 0) is 6.54 Å². The molecule has 0 fully saturated rings. The van der Waals surface area contributed by atoms with Crippen LogP contribution in [0.25, 0.3) is 0 Å². The van der Waals surface area contributed by atoms with Crippen molar-refractivity contribution < 1.29 is 4.92 Å². The number of aromatic nitrogens is 3. The fourth-order valence-corrected chi connectivity index (χ4v) is 1.20. The predicted octanol–water partition coefficient (Wildman–Crippen LogP) is 1.39. The van der Waals surface area contributed by atoms with Gasteiger partial charge in [0.25, 0.3) is 5.69 Å². The second-order valence-electron chi connectivity index (χ2n) is 3.21.